The van der Waals surface area contributed by atoms with Gasteiger partial charge >= 0.3 is 129 Å². The van der Waals surface area contributed by atoms with E-state index in [-0.39, 0.29) is 0 Å². The van der Waals surface area contributed by atoms with Gasteiger partial charge in [-0.25, -0.2) is 0 Å². The van der Waals surface area contributed by atoms with E-state index in [1.807, 2.05) is 0 Å². The topological polar surface area (TPSA) is 17.1 Å². The first-order valence-electron chi connectivity index (χ1n) is 7.72. The summed E-state index contributed by atoms with van der Waals surface area (Å²) in [4.78, 5) is 12.5. The predicted octanol–water partition coefficient (Wildman–Crippen LogP) is 5.40. The number of ketones is 1. The van der Waals surface area contributed by atoms with E-state index >= 15 is 0 Å². The molecule has 0 heterocycles. The monoisotopic (exact) mass is 452 g/mol. The normalized spacial score (nSPS) is 25.5. The van der Waals surface area contributed by atoms with Crippen LogP contribution in [0, 0.1) is 0 Å². The molecule has 1 aliphatic carbocycles. The summed E-state index contributed by atoms with van der Waals surface area (Å²) in [7, 11) is 0. The molecule has 0 aromatic carbocycles. The maximum absolute atomic E-state index is 12.5. The molecule has 112 valence electrons. The molecule has 0 saturated heterocycles. The van der Waals surface area contributed by atoms with Gasteiger partial charge < -0.3 is 0 Å². The zero-order chi connectivity index (χ0) is 15.3. The van der Waals surface area contributed by atoms with Crippen molar-refractivity contribution in [3.8, 4) is 0 Å². The molecule has 0 aliphatic heterocycles. The van der Waals surface area contributed by atoms with Crippen LogP contribution in [0.4, 0.5) is 0 Å². The van der Waals surface area contributed by atoms with Crippen LogP contribution in [0.2, 0.25) is 59.6 Å². The Labute approximate surface area is 128 Å². The van der Waals surface area contributed by atoms with Gasteiger partial charge in [0, 0.05) is 0 Å². The summed E-state index contributed by atoms with van der Waals surface area (Å²) in [5.74, 6) is 23.6. The zero-order valence-corrected chi connectivity index (χ0v) is 20.9. The van der Waals surface area contributed by atoms with E-state index in [1.54, 1.807) is 0 Å². The minimum absolute atomic E-state index is 0.526. The second-order valence-electron chi connectivity index (χ2n) is 9.77. The van der Waals surface area contributed by atoms with Gasteiger partial charge in [-0.3, -0.25) is 0 Å². The van der Waals surface area contributed by atoms with Gasteiger partial charge in [-0.05, 0) is 0 Å². The predicted molar refractivity (Wildman–Crippen MR) is 95.3 cm³/mol. The van der Waals surface area contributed by atoms with Crippen molar-refractivity contribution in [3.63, 3.8) is 0 Å². The molecule has 0 amide bonds. The fourth-order valence-corrected chi connectivity index (χ4v) is 45.6. The van der Waals surface area contributed by atoms with Crippen molar-refractivity contribution in [1.29, 1.82) is 0 Å². The van der Waals surface area contributed by atoms with Crippen molar-refractivity contribution >= 4 is 45.6 Å². The summed E-state index contributed by atoms with van der Waals surface area (Å²) < 4.78 is 1.31. The number of hydrogen-bond acceptors (Lipinski definition) is 1. The molecule has 0 spiro atoms. The molecule has 0 aromatic rings. The summed E-state index contributed by atoms with van der Waals surface area (Å²) >= 11 is -5.46. The summed E-state index contributed by atoms with van der Waals surface area (Å²) in [6.45, 7) is 0. The van der Waals surface area contributed by atoms with E-state index in [1.165, 1.54) is 6.42 Å². The van der Waals surface area contributed by atoms with Gasteiger partial charge in [0.25, 0.3) is 0 Å². The van der Waals surface area contributed by atoms with E-state index in [9.17, 15) is 4.79 Å². The fourth-order valence-electron chi connectivity index (χ4n) is 4.13. The van der Waals surface area contributed by atoms with Gasteiger partial charge in [-0.15, -0.1) is 0 Å². The van der Waals surface area contributed by atoms with Gasteiger partial charge in [0.1, 0.15) is 0 Å². The van der Waals surface area contributed by atoms with Crippen LogP contribution < -0.4 is 0 Å². The first-order valence-corrected chi connectivity index (χ1v) is 29.9. The number of hydrogen-bond donors (Lipinski definition) is 0. The Morgan fingerprint density at radius 3 is 1.63 bits per heavy atom. The second-order valence-corrected chi connectivity index (χ2v) is 46.5. The maximum atomic E-state index is 12.5. The number of Topliss-reactive ketones (excluding diaryl/α,β-unsaturated/α-hetero) is 1. The van der Waals surface area contributed by atoms with Crippen molar-refractivity contribution in [3.05, 3.63) is 0 Å². The van der Waals surface area contributed by atoms with Crippen LogP contribution in [0.1, 0.15) is 19.3 Å². The van der Waals surface area contributed by atoms with Gasteiger partial charge in [0.05, 0.1) is 0 Å². The molecule has 4 heteroatoms. The van der Waals surface area contributed by atoms with Crippen molar-refractivity contribution < 1.29 is 4.79 Å². The van der Waals surface area contributed by atoms with Crippen LogP contribution in [0.25, 0.3) is 0 Å². The SMILES string of the molecule is [CH3][Ge]([CH3])([CH3])[CH]1CC(=O)C[C]([Ge]([CH3])([CH3])[CH3])([Ge]([CH3])([CH3])[CH3])C1. The molecule has 1 fully saturated rings. The Morgan fingerprint density at radius 1 is 0.895 bits per heavy atom. The molecule has 1 atom stereocenters. The molecule has 0 bridgehead atoms. The van der Waals surface area contributed by atoms with Crippen molar-refractivity contribution in [1.82, 2.24) is 0 Å². The van der Waals surface area contributed by atoms with Gasteiger partial charge in [0.2, 0.25) is 0 Å². The minimum atomic E-state index is -1.87. The van der Waals surface area contributed by atoms with Crippen LogP contribution in [0.3, 0.4) is 0 Å². The van der Waals surface area contributed by atoms with Gasteiger partial charge in [-0.1, -0.05) is 0 Å². The van der Waals surface area contributed by atoms with Crippen LogP contribution in [0.5, 0.6) is 0 Å². The average Bonchev–Trinajstić information content (AvgIpc) is 2.11. The molecule has 0 radical (unpaired) electrons. The number of carbonyl (C=O) groups is 1. The third kappa shape index (κ3) is 3.74. The molecular formula is C15H34Ge3O. The van der Waals surface area contributed by atoms with Crippen LogP contribution in [-0.4, -0.2) is 45.6 Å². The summed E-state index contributed by atoms with van der Waals surface area (Å²) in [5, 5.41) is 0. The van der Waals surface area contributed by atoms with E-state index < -0.39 is 39.8 Å². The first-order chi connectivity index (χ1) is 8.21. The van der Waals surface area contributed by atoms with Crippen molar-refractivity contribution in [2.75, 3.05) is 0 Å². The van der Waals surface area contributed by atoms with Crippen molar-refractivity contribution in [2.45, 2.75) is 78.9 Å². The number of carbonyl (C=O) groups excluding carboxylic acids is 1. The standard InChI is InChI=1S/C15H34Ge3O/c1-16(2,3)13-10-14(19)12-15(11-13,17(4,5)6)18(7,8)9/h13H,10-12H2,1-9H3. The fraction of sp³-hybridized carbons (Fsp3) is 0.933. The Hall–Kier alpha value is 1.30. The number of rotatable bonds is 3. The Kier molecular flexibility index (Phi) is 5.30. The molecule has 1 nitrogen and oxygen atoms in total. The second kappa shape index (κ2) is 5.49. The van der Waals surface area contributed by atoms with Gasteiger partial charge in [-0.2, -0.15) is 0 Å². The summed E-state index contributed by atoms with van der Waals surface area (Å²) in [5.41, 5.74) is 0. The quantitative estimate of drug-likeness (QED) is 0.529. The third-order valence-electron chi connectivity index (χ3n) is 5.66. The molecule has 1 aliphatic rings. The summed E-state index contributed by atoms with van der Waals surface area (Å²) in [6, 6.07) is 0. The Bertz CT molecular complexity index is 341. The molecule has 19 heavy (non-hydrogen) atoms. The van der Waals surface area contributed by atoms with Crippen LogP contribution in [-0.2, 0) is 4.79 Å². The molecule has 1 rings (SSSR count). The van der Waals surface area contributed by atoms with E-state index in [2.05, 4.69) is 51.8 Å². The van der Waals surface area contributed by atoms with E-state index in [0.717, 1.165) is 17.6 Å². The molecule has 1 saturated carbocycles. The molecular weight excluding hydrogens is 414 g/mol. The van der Waals surface area contributed by atoms with Gasteiger partial charge in [0.15, 0.2) is 0 Å². The third-order valence-corrected chi connectivity index (χ3v) is 41.7. The Balaban J connectivity index is 3.29. The van der Waals surface area contributed by atoms with Crippen LogP contribution >= 0.6 is 0 Å². The molecule has 1 unspecified atom stereocenters. The Morgan fingerprint density at radius 2 is 1.32 bits per heavy atom. The first kappa shape index (κ1) is 18.3. The molecule has 0 aromatic heterocycles. The van der Waals surface area contributed by atoms with E-state index in [4.69, 9.17) is 0 Å². The summed E-state index contributed by atoms with van der Waals surface area (Å²) in [6.07, 6.45) is 3.30. The van der Waals surface area contributed by atoms with Crippen molar-refractivity contribution in [2.24, 2.45) is 0 Å². The molecule has 0 N–H and O–H groups in total. The van der Waals surface area contributed by atoms with Crippen LogP contribution in [0.15, 0.2) is 0 Å². The average molecular weight is 448 g/mol. The zero-order valence-electron chi connectivity index (χ0n) is 14.6. The van der Waals surface area contributed by atoms with E-state index in [0.29, 0.717) is 8.86 Å².